The van der Waals surface area contributed by atoms with Crippen LogP contribution in [0.15, 0.2) is 47.0 Å². The molecule has 0 bridgehead atoms. The number of benzene rings is 2. The molecule has 27 heavy (non-hydrogen) atoms. The van der Waals surface area contributed by atoms with Crippen LogP contribution in [0.4, 0.5) is 0 Å². The van der Waals surface area contributed by atoms with Crippen molar-refractivity contribution < 1.29 is 9.32 Å². The first-order chi connectivity index (χ1) is 13.0. The average molecular weight is 382 g/mol. The van der Waals surface area contributed by atoms with E-state index in [1.165, 1.54) is 5.56 Å². The third-order valence-corrected chi connectivity index (χ3v) is 5.31. The minimum atomic E-state index is -0.195. The molecule has 2 heterocycles. The molecule has 2 aromatic carbocycles. The minimum Gasteiger partial charge on any atom is -0.337 e. The van der Waals surface area contributed by atoms with Gasteiger partial charge in [-0.15, -0.1) is 0 Å². The second-order valence-corrected chi connectivity index (χ2v) is 7.36. The van der Waals surface area contributed by atoms with E-state index in [-0.39, 0.29) is 11.9 Å². The van der Waals surface area contributed by atoms with E-state index in [0.29, 0.717) is 28.8 Å². The van der Waals surface area contributed by atoms with E-state index >= 15 is 0 Å². The van der Waals surface area contributed by atoms with Crippen molar-refractivity contribution in [2.45, 2.75) is 32.7 Å². The summed E-state index contributed by atoms with van der Waals surface area (Å²) in [6.45, 7) is 4.74. The number of amides is 1. The fourth-order valence-electron chi connectivity index (χ4n) is 3.42. The molecule has 0 unspecified atom stereocenters. The van der Waals surface area contributed by atoms with Crippen LogP contribution in [0.5, 0.6) is 0 Å². The molecule has 3 aromatic rings. The number of halogens is 1. The van der Waals surface area contributed by atoms with Gasteiger partial charge in [0, 0.05) is 22.7 Å². The van der Waals surface area contributed by atoms with Crippen LogP contribution in [0.3, 0.4) is 0 Å². The Morgan fingerprint density at radius 2 is 2.04 bits per heavy atom. The van der Waals surface area contributed by atoms with Gasteiger partial charge in [-0.2, -0.15) is 4.98 Å². The number of aryl methyl sites for hydroxylation is 2. The number of hydrogen-bond acceptors (Lipinski definition) is 4. The Morgan fingerprint density at radius 1 is 1.19 bits per heavy atom. The zero-order valence-corrected chi connectivity index (χ0v) is 16.0. The zero-order valence-electron chi connectivity index (χ0n) is 15.3. The van der Waals surface area contributed by atoms with Crippen molar-refractivity contribution in [2.75, 3.05) is 6.54 Å². The van der Waals surface area contributed by atoms with Gasteiger partial charge < -0.3 is 9.42 Å². The Hall–Kier alpha value is -2.66. The second-order valence-electron chi connectivity index (χ2n) is 6.92. The summed E-state index contributed by atoms with van der Waals surface area (Å²) in [7, 11) is 0. The van der Waals surface area contributed by atoms with Gasteiger partial charge in [-0.25, -0.2) is 0 Å². The molecule has 0 saturated carbocycles. The van der Waals surface area contributed by atoms with Crippen LogP contribution in [0.2, 0.25) is 5.02 Å². The van der Waals surface area contributed by atoms with E-state index in [0.717, 1.165) is 24.0 Å². The molecule has 1 amide bonds. The first-order valence-electron chi connectivity index (χ1n) is 9.00. The van der Waals surface area contributed by atoms with Crippen molar-refractivity contribution in [3.05, 3.63) is 70.1 Å². The van der Waals surface area contributed by atoms with Crippen LogP contribution < -0.4 is 0 Å². The van der Waals surface area contributed by atoms with Gasteiger partial charge in [-0.05, 0) is 62.1 Å². The summed E-state index contributed by atoms with van der Waals surface area (Å²) in [5, 5.41) is 4.70. The molecular weight excluding hydrogens is 362 g/mol. The van der Waals surface area contributed by atoms with Crippen LogP contribution in [0.1, 0.15) is 46.3 Å². The van der Waals surface area contributed by atoms with E-state index < -0.39 is 0 Å². The predicted octanol–water partition coefficient (Wildman–Crippen LogP) is 4.98. The van der Waals surface area contributed by atoms with Crippen molar-refractivity contribution in [3.63, 3.8) is 0 Å². The Kier molecular flexibility index (Phi) is 4.70. The minimum absolute atomic E-state index is 0.00288. The molecule has 1 aliphatic rings. The first-order valence-corrected chi connectivity index (χ1v) is 9.38. The highest BCUT2D eigenvalue weighted by Crippen LogP contribution is 2.33. The van der Waals surface area contributed by atoms with Gasteiger partial charge in [0.15, 0.2) is 0 Å². The maximum absolute atomic E-state index is 13.0. The number of aromatic nitrogens is 2. The van der Waals surface area contributed by atoms with Crippen molar-refractivity contribution in [2.24, 2.45) is 0 Å². The Labute approximate surface area is 163 Å². The Morgan fingerprint density at radius 3 is 2.81 bits per heavy atom. The molecule has 6 heteroatoms. The zero-order chi connectivity index (χ0) is 19.0. The number of hydrogen-bond donors (Lipinski definition) is 0. The largest absolute Gasteiger partial charge is 0.337 e. The lowest BCUT2D eigenvalue weighted by molar-refractivity contribution is 0.0710. The third kappa shape index (κ3) is 3.47. The fourth-order valence-corrected chi connectivity index (χ4v) is 3.61. The van der Waals surface area contributed by atoms with Crippen molar-refractivity contribution in [1.82, 2.24) is 15.0 Å². The molecule has 5 nitrogen and oxygen atoms in total. The molecule has 1 atom stereocenters. The number of nitrogens with zero attached hydrogens (tertiary/aromatic N) is 3. The maximum Gasteiger partial charge on any atom is 0.254 e. The van der Waals surface area contributed by atoms with E-state index in [1.807, 2.05) is 49.1 Å². The van der Waals surface area contributed by atoms with Crippen LogP contribution in [-0.2, 0) is 0 Å². The van der Waals surface area contributed by atoms with E-state index in [2.05, 4.69) is 10.1 Å². The molecular formula is C21H20ClN3O2. The summed E-state index contributed by atoms with van der Waals surface area (Å²) in [5.41, 5.74) is 3.77. The van der Waals surface area contributed by atoms with Crippen molar-refractivity contribution in [3.8, 4) is 11.4 Å². The summed E-state index contributed by atoms with van der Waals surface area (Å²) in [6, 6.07) is 12.9. The molecule has 1 fully saturated rings. The highest BCUT2D eigenvalue weighted by atomic mass is 35.5. The lowest BCUT2D eigenvalue weighted by Crippen LogP contribution is -2.30. The van der Waals surface area contributed by atoms with E-state index in [1.54, 1.807) is 12.1 Å². The van der Waals surface area contributed by atoms with Crippen LogP contribution in [-0.4, -0.2) is 27.5 Å². The van der Waals surface area contributed by atoms with Gasteiger partial charge >= 0.3 is 0 Å². The van der Waals surface area contributed by atoms with Gasteiger partial charge in [0.25, 0.3) is 5.91 Å². The fraction of sp³-hybridized carbons (Fsp3) is 0.286. The molecule has 0 N–H and O–H groups in total. The summed E-state index contributed by atoms with van der Waals surface area (Å²) < 4.78 is 5.50. The molecule has 0 spiro atoms. The Bertz CT molecular complexity index is 999. The van der Waals surface area contributed by atoms with Crippen LogP contribution in [0.25, 0.3) is 11.4 Å². The van der Waals surface area contributed by atoms with Crippen molar-refractivity contribution in [1.29, 1.82) is 0 Å². The normalized spacial score (nSPS) is 16.7. The monoisotopic (exact) mass is 381 g/mol. The quantitative estimate of drug-likeness (QED) is 0.641. The number of carbonyl (C=O) groups excluding carboxylic acids is 1. The van der Waals surface area contributed by atoms with Gasteiger partial charge in [-0.3, -0.25) is 4.79 Å². The standard InChI is InChI=1S/C21H20ClN3O2/c1-13-8-9-16(11-14(13)2)21(26)25-10-4-7-18(25)20-23-19(24-27-20)15-5-3-6-17(22)12-15/h3,5-6,8-9,11-12,18H,4,7,10H2,1-2H3/t18-/m0/s1. The predicted molar refractivity (Wildman–Crippen MR) is 104 cm³/mol. The smallest absolute Gasteiger partial charge is 0.254 e. The lowest BCUT2D eigenvalue weighted by Gasteiger charge is -2.22. The number of rotatable bonds is 3. The van der Waals surface area contributed by atoms with Gasteiger partial charge in [0.05, 0.1) is 0 Å². The molecule has 1 saturated heterocycles. The Balaban J connectivity index is 1.60. The summed E-state index contributed by atoms with van der Waals surface area (Å²) in [6.07, 6.45) is 1.73. The number of carbonyl (C=O) groups is 1. The molecule has 1 aromatic heterocycles. The van der Waals surface area contributed by atoms with Gasteiger partial charge in [0.1, 0.15) is 6.04 Å². The highest BCUT2D eigenvalue weighted by molar-refractivity contribution is 6.30. The SMILES string of the molecule is Cc1ccc(C(=O)N2CCC[C@H]2c2nc(-c3cccc(Cl)c3)no2)cc1C. The average Bonchev–Trinajstić information content (AvgIpc) is 3.32. The molecule has 1 aliphatic heterocycles. The summed E-state index contributed by atoms with van der Waals surface area (Å²) >= 11 is 6.05. The molecule has 138 valence electrons. The molecule has 0 aliphatic carbocycles. The topological polar surface area (TPSA) is 59.2 Å². The molecule has 0 radical (unpaired) electrons. The maximum atomic E-state index is 13.0. The summed E-state index contributed by atoms with van der Waals surface area (Å²) in [4.78, 5) is 19.4. The van der Waals surface area contributed by atoms with E-state index in [9.17, 15) is 4.79 Å². The second kappa shape index (κ2) is 7.16. The third-order valence-electron chi connectivity index (χ3n) is 5.08. The van der Waals surface area contributed by atoms with Crippen LogP contribution in [0, 0.1) is 13.8 Å². The lowest BCUT2D eigenvalue weighted by atomic mass is 10.1. The first kappa shape index (κ1) is 17.7. The highest BCUT2D eigenvalue weighted by Gasteiger charge is 2.34. The summed E-state index contributed by atoms with van der Waals surface area (Å²) in [5.74, 6) is 0.959. The molecule has 4 rings (SSSR count). The van der Waals surface area contributed by atoms with Gasteiger partial charge in [-0.1, -0.05) is 35.0 Å². The van der Waals surface area contributed by atoms with Crippen LogP contribution >= 0.6 is 11.6 Å². The number of likely N-dealkylation sites (tertiary alicyclic amines) is 1. The van der Waals surface area contributed by atoms with Gasteiger partial charge in [0.2, 0.25) is 11.7 Å². The van der Waals surface area contributed by atoms with Crippen molar-refractivity contribution >= 4 is 17.5 Å². The van der Waals surface area contributed by atoms with E-state index in [4.69, 9.17) is 16.1 Å².